The molecule has 140 valence electrons. The Kier molecular flexibility index (Phi) is 4.18. The largest absolute Gasteiger partial charge is 0.489 e. The van der Waals surface area contributed by atoms with Gasteiger partial charge in [-0.3, -0.25) is 4.79 Å². The third-order valence-corrected chi connectivity index (χ3v) is 4.57. The number of nitrogens with zero attached hydrogens (tertiary/aromatic N) is 3. The summed E-state index contributed by atoms with van der Waals surface area (Å²) in [5, 5.41) is 10.5. The number of fused-ring (bicyclic) bond motifs is 2. The second-order valence-corrected chi connectivity index (χ2v) is 6.73. The van der Waals surface area contributed by atoms with E-state index in [2.05, 4.69) is 20.7 Å². The standard InChI is InChI=1S/C19H20FN5O2/c1-10-9-21-19(26)17-12(3)24-25-7-6-16(23-18(17)25)22-11(2)14-8-13(20)4-5-15(14)27-10/h4-8,10-11H,9H2,1-3H3,(H,21,26)(H,22,23)/t10?,11-/m1/s1. The minimum Gasteiger partial charge on any atom is -0.489 e. The van der Waals surface area contributed by atoms with Crippen molar-refractivity contribution in [3.8, 4) is 5.75 Å². The van der Waals surface area contributed by atoms with E-state index in [1.807, 2.05) is 13.8 Å². The highest BCUT2D eigenvalue weighted by Gasteiger charge is 2.22. The summed E-state index contributed by atoms with van der Waals surface area (Å²) in [5.41, 5.74) is 2.17. The highest BCUT2D eigenvalue weighted by Crippen LogP contribution is 2.29. The van der Waals surface area contributed by atoms with Crippen LogP contribution < -0.4 is 15.4 Å². The number of rotatable bonds is 0. The van der Waals surface area contributed by atoms with Gasteiger partial charge < -0.3 is 15.4 Å². The summed E-state index contributed by atoms with van der Waals surface area (Å²) in [7, 11) is 0. The first-order valence-electron chi connectivity index (χ1n) is 8.79. The molecule has 1 amide bonds. The number of aryl methyl sites for hydroxylation is 1. The molecule has 3 aromatic rings. The third-order valence-electron chi connectivity index (χ3n) is 4.57. The van der Waals surface area contributed by atoms with Crippen molar-refractivity contribution >= 4 is 17.4 Å². The number of halogens is 1. The van der Waals surface area contributed by atoms with Gasteiger partial charge in [0.1, 0.15) is 29.1 Å². The summed E-state index contributed by atoms with van der Waals surface area (Å²) >= 11 is 0. The van der Waals surface area contributed by atoms with Crippen molar-refractivity contribution in [1.29, 1.82) is 0 Å². The van der Waals surface area contributed by atoms with E-state index in [-0.39, 0.29) is 23.9 Å². The fourth-order valence-electron chi connectivity index (χ4n) is 3.23. The summed E-state index contributed by atoms with van der Waals surface area (Å²) in [4.78, 5) is 17.2. The van der Waals surface area contributed by atoms with E-state index < -0.39 is 0 Å². The van der Waals surface area contributed by atoms with Crippen LogP contribution in [0.25, 0.3) is 5.65 Å². The first kappa shape index (κ1) is 17.3. The molecule has 7 nitrogen and oxygen atoms in total. The van der Waals surface area contributed by atoms with Crippen LogP contribution >= 0.6 is 0 Å². The predicted octanol–water partition coefficient (Wildman–Crippen LogP) is 2.86. The average Bonchev–Trinajstić information content (AvgIpc) is 2.95. The molecule has 0 radical (unpaired) electrons. The zero-order valence-corrected chi connectivity index (χ0v) is 15.3. The lowest BCUT2D eigenvalue weighted by Gasteiger charge is -2.21. The molecule has 4 rings (SSSR count). The number of aromatic nitrogens is 3. The normalized spacial score (nSPS) is 19.9. The van der Waals surface area contributed by atoms with Crippen LogP contribution in [0.1, 0.15) is 41.5 Å². The van der Waals surface area contributed by atoms with Crippen molar-refractivity contribution in [2.75, 3.05) is 11.9 Å². The monoisotopic (exact) mass is 369 g/mol. The zero-order valence-electron chi connectivity index (χ0n) is 15.3. The first-order chi connectivity index (χ1) is 12.9. The quantitative estimate of drug-likeness (QED) is 0.637. The highest BCUT2D eigenvalue weighted by atomic mass is 19.1. The van der Waals surface area contributed by atoms with Crippen LogP contribution in [0.4, 0.5) is 10.2 Å². The number of ether oxygens (including phenoxy) is 1. The van der Waals surface area contributed by atoms with E-state index in [1.165, 1.54) is 12.1 Å². The predicted molar refractivity (Wildman–Crippen MR) is 98.6 cm³/mol. The molecule has 0 aliphatic carbocycles. The van der Waals surface area contributed by atoms with Gasteiger partial charge in [-0.05, 0) is 45.0 Å². The Labute approximate surface area is 155 Å². The van der Waals surface area contributed by atoms with E-state index >= 15 is 0 Å². The molecule has 1 aromatic carbocycles. The Balaban J connectivity index is 1.84. The smallest absolute Gasteiger partial charge is 0.257 e. The number of anilines is 1. The number of amides is 1. The van der Waals surface area contributed by atoms with Crippen LogP contribution in [0.3, 0.4) is 0 Å². The molecule has 27 heavy (non-hydrogen) atoms. The third kappa shape index (κ3) is 3.18. The number of hydrogen-bond donors (Lipinski definition) is 2. The lowest BCUT2D eigenvalue weighted by molar-refractivity contribution is 0.0932. The van der Waals surface area contributed by atoms with Crippen molar-refractivity contribution in [2.45, 2.75) is 32.9 Å². The van der Waals surface area contributed by atoms with Gasteiger partial charge in [0.05, 0.1) is 18.3 Å². The minimum absolute atomic E-state index is 0.255. The molecular weight excluding hydrogens is 349 g/mol. The number of carbonyl (C=O) groups is 1. The molecule has 2 N–H and O–H groups in total. The lowest BCUT2D eigenvalue weighted by atomic mass is 10.1. The van der Waals surface area contributed by atoms with Crippen molar-refractivity contribution in [1.82, 2.24) is 19.9 Å². The highest BCUT2D eigenvalue weighted by molar-refractivity contribution is 6.01. The fourth-order valence-corrected chi connectivity index (χ4v) is 3.23. The second-order valence-electron chi connectivity index (χ2n) is 6.73. The summed E-state index contributed by atoms with van der Waals surface area (Å²) in [5.74, 6) is 0.534. The van der Waals surface area contributed by atoms with Crippen LogP contribution in [0, 0.1) is 12.7 Å². The Morgan fingerprint density at radius 3 is 2.93 bits per heavy atom. The molecule has 0 saturated carbocycles. The van der Waals surface area contributed by atoms with E-state index in [1.54, 1.807) is 29.8 Å². The number of hydrogen-bond acceptors (Lipinski definition) is 5. The van der Waals surface area contributed by atoms with E-state index in [0.717, 1.165) is 0 Å². The first-order valence-corrected chi connectivity index (χ1v) is 8.79. The van der Waals surface area contributed by atoms with Gasteiger partial charge in [0, 0.05) is 11.8 Å². The van der Waals surface area contributed by atoms with Crippen molar-refractivity contribution in [2.24, 2.45) is 0 Å². The SMILES string of the molecule is Cc1nn2ccc3nc2c1C(=O)NCC(C)Oc1ccc(F)cc1[C@@H](C)N3. The van der Waals surface area contributed by atoms with Gasteiger partial charge in [0.2, 0.25) is 0 Å². The van der Waals surface area contributed by atoms with E-state index in [4.69, 9.17) is 4.74 Å². The minimum atomic E-state index is -0.339. The number of carbonyl (C=O) groups excluding carboxylic acids is 1. The molecular formula is C19H20FN5O2. The molecule has 8 heteroatoms. The molecule has 1 aliphatic heterocycles. The molecule has 1 unspecified atom stereocenters. The van der Waals surface area contributed by atoms with Crippen molar-refractivity contribution in [3.63, 3.8) is 0 Å². The maximum absolute atomic E-state index is 13.8. The molecule has 2 bridgehead atoms. The van der Waals surface area contributed by atoms with Gasteiger partial charge in [0.25, 0.3) is 5.91 Å². The van der Waals surface area contributed by atoms with Crippen molar-refractivity contribution < 1.29 is 13.9 Å². The Hall–Kier alpha value is -3.16. The molecule has 0 fully saturated rings. The topological polar surface area (TPSA) is 80.6 Å². The molecule has 2 aromatic heterocycles. The molecule has 3 heterocycles. The van der Waals surface area contributed by atoms with Crippen LogP contribution in [-0.2, 0) is 0 Å². The van der Waals surface area contributed by atoms with Gasteiger partial charge in [0.15, 0.2) is 5.65 Å². The van der Waals surface area contributed by atoms with Gasteiger partial charge in [-0.25, -0.2) is 13.9 Å². The summed E-state index contributed by atoms with van der Waals surface area (Å²) in [6, 6.07) is 5.93. The van der Waals surface area contributed by atoms with Gasteiger partial charge >= 0.3 is 0 Å². The zero-order chi connectivity index (χ0) is 19.1. The number of benzene rings is 1. The summed E-state index contributed by atoms with van der Waals surface area (Å²) in [6.45, 7) is 5.83. The van der Waals surface area contributed by atoms with Gasteiger partial charge in [-0.15, -0.1) is 0 Å². The average molecular weight is 369 g/mol. The van der Waals surface area contributed by atoms with Crippen LogP contribution in [0.5, 0.6) is 5.75 Å². The number of nitrogens with one attached hydrogen (secondary N) is 2. The van der Waals surface area contributed by atoms with Crippen molar-refractivity contribution in [3.05, 3.63) is 53.1 Å². The Morgan fingerprint density at radius 1 is 1.30 bits per heavy atom. The van der Waals surface area contributed by atoms with Crippen LogP contribution in [0.15, 0.2) is 30.5 Å². The van der Waals surface area contributed by atoms with Crippen LogP contribution in [-0.4, -0.2) is 33.2 Å². The van der Waals surface area contributed by atoms with E-state index in [0.29, 0.717) is 40.6 Å². The van der Waals surface area contributed by atoms with Gasteiger partial charge in [-0.2, -0.15) is 5.10 Å². The Bertz CT molecular complexity index is 1030. The van der Waals surface area contributed by atoms with E-state index in [9.17, 15) is 9.18 Å². The summed E-state index contributed by atoms with van der Waals surface area (Å²) in [6.07, 6.45) is 1.44. The van der Waals surface area contributed by atoms with Gasteiger partial charge in [-0.1, -0.05) is 0 Å². The fraction of sp³-hybridized carbons (Fsp3) is 0.316. The lowest BCUT2D eigenvalue weighted by Crippen LogP contribution is -2.34. The Morgan fingerprint density at radius 2 is 2.11 bits per heavy atom. The molecule has 2 atom stereocenters. The van der Waals surface area contributed by atoms with Crippen LogP contribution in [0.2, 0.25) is 0 Å². The maximum atomic E-state index is 13.8. The summed E-state index contributed by atoms with van der Waals surface area (Å²) < 4.78 is 21.4. The second kappa shape index (κ2) is 6.53. The molecule has 0 saturated heterocycles. The molecule has 1 aliphatic rings. The maximum Gasteiger partial charge on any atom is 0.257 e. The molecule has 0 spiro atoms.